The summed E-state index contributed by atoms with van der Waals surface area (Å²) in [6.45, 7) is 3.17. The fourth-order valence-electron chi connectivity index (χ4n) is 2.37. The molecule has 20 heavy (non-hydrogen) atoms. The van der Waals surface area contributed by atoms with Gasteiger partial charge in [-0.2, -0.15) is 13.2 Å². The monoisotopic (exact) mass is 304 g/mol. The fraction of sp³-hybridized carbons (Fsp3) is 0.643. The second-order valence-corrected chi connectivity index (χ2v) is 6.41. The van der Waals surface area contributed by atoms with E-state index < -0.39 is 11.7 Å². The summed E-state index contributed by atoms with van der Waals surface area (Å²) in [5.41, 5.74) is -0.684. The Morgan fingerprint density at radius 3 is 2.75 bits per heavy atom. The summed E-state index contributed by atoms with van der Waals surface area (Å²) in [5.74, 6) is 0. The molecular formula is C14H19F3N2S. The van der Waals surface area contributed by atoms with Crippen molar-refractivity contribution in [2.45, 2.75) is 55.1 Å². The van der Waals surface area contributed by atoms with Gasteiger partial charge in [-0.1, -0.05) is 6.92 Å². The number of hydrogen-bond acceptors (Lipinski definition) is 3. The number of alkyl halides is 3. The molecule has 0 radical (unpaired) electrons. The highest BCUT2D eigenvalue weighted by atomic mass is 32.2. The number of aromatic nitrogens is 1. The van der Waals surface area contributed by atoms with Crippen molar-refractivity contribution in [3.8, 4) is 0 Å². The van der Waals surface area contributed by atoms with Crippen LogP contribution >= 0.6 is 11.8 Å². The Bertz CT molecular complexity index is 419. The largest absolute Gasteiger partial charge is 0.417 e. The van der Waals surface area contributed by atoms with Gasteiger partial charge in [-0.15, -0.1) is 11.8 Å². The van der Waals surface area contributed by atoms with E-state index in [0.717, 1.165) is 44.5 Å². The molecule has 0 aromatic carbocycles. The van der Waals surface area contributed by atoms with E-state index >= 15 is 0 Å². The van der Waals surface area contributed by atoms with Crippen LogP contribution in [0.3, 0.4) is 0 Å². The highest BCUT2D eigenvalue weighted by Gasteiger charge is 2.31. The minimum atomic E-state index is -4.31. The average Bonchev–Trinajstić information content (AvgIpc) is 2.83. The number of halogens is 3. The summed E-state index contributed by atoms with van der Waals surface area (Å²) in [6, 6.07) is 3.12. The first kappa shape index (κ1) is 15.6. The Kier molecular flexibility index (Phi) is 5.32. The lowest BCUT2D eigenvalue weighted by Crippen LogP contribution is -2.27. The Morgan fingerprint density at radius 1 is 1.35 bits per heavy atom. The molecule has 112 valence electrons. The molecule has 2 nitrogen and oxygen atoms in total. The van der Waals surface area contributed by atoms with Gasteiger partial charge >= 0.3 is 6.18 Å². The maximum atomic E-state index is 12.4. The van der Waals surface area contributed by atoms with Gasteiger partial charge in [-0.25, -0.2) is 4.98 Å². The third-order valence-corrected chi connectivity index (χ3v) is 4.66. The fourth-order valence-corrected chi connectivity index (χ4v) is 3.55. The average molecular weight is 304 g/mol. The quantitative estimate of drug-likeness (QED) is 0.886. The number of pyridine rings is 1. The van der Waals surface area contributed by atoms with E-state index in [1.54, 1.807) is 11.8 Å². The molecule has 0 saturated heterocycles. The van der Waals surface area contributed by atoms with Crippen LogP contribution in [0, 0.1) is 0 Å². The molecule has 6 heteroatoms. The van der Waals surface area contributed by atoms with Crippen LogP contribution in [-0.2, 0) is 6.18 Å². The summed E-state index contributed by atoms with van der Waals surface area (Å²) in [4.78, 5) is 3.92. The van der Waals surface area contributed by atoms with E-state index in [1.165, 1.54) is 6.07 Å². The second-order valence-electron chi connectivity index (χ2n) is 5.09. The maximum absolute atomic E-state index is 12.4. The summed E-state index contributed by atoms with van der Waals surface area (Å²) in [5, 5.41) is 4.63. The minimum absolute atomic E-state index is 0.452. The van der Waals surface area contributed by atoms with Crippen LogP contribution in [0.1, 0.15) is 38.2 Å². The van der Waals surface area contributed by atoms with Crippen LogP contribution in [-0.4, -0.2) is 22.8 Å². The van der Waals surface area contributed by atoms with Crippen molar-refractivity contribution < 1.29 is 13.2 Å². The third-order valence-electron chi connectivity index (χ3n) is 3.42. The zero-order valence-electron chi connectivity index (χ0n) is 11.4. The first-order chi connectivity index (χ1) is 9.49. The van der Waals surface area contributed by atoms with Gasteiger partial charge in [0.25, 0.3) is 0 Å². The molecule has 1 aromatic heterocycles. The molecule has 1 aliphatic carbocycles. The van der Waals surface area contributed by atoms with Gasteiger partial charge in [0.05, 0.1) is 10.6 Å². The molecule has 2 rings (SSSR count). The van der Waals surface area contributed by atoms with E-state index in [2.05, 4.69) is 17.2 Å². The smallest absolute Gasteiger partial charge is 0.314 e. The van der Waals surface area contributed by atoms with E-state index in [0.29, 0.717) is 16.3 Å². The lowest BCUT2D eigenvalue weighted by atomic mass is 10.2. The molecule has 0 spiro atoms. The van der Waals surface area contributed by atoms with Crippen molar-refractivity contribution in [2.75, 3.05) is 6.54 Å². The van der Waals surface area contributed by atoms with Crippen molar-refractivity contribution in [1.82, 2.24) is 10.3 Å². The molecule has 1 fully saturated rings. The Hall–Kier alpha value is -0.750. The third kappa shape index (κ3) is 4.38. The van der Waals surface area contributed by atoms with E-state index in [-0.39, 0.29) is 0 Å². The number of nitrogens with zero attached hydrogens (tertiary/aromatic N) is 1. The molecule has 2 atom stereocenters. The molecule has 2 unspecified atom stereocenters. The Morgan fingerprint density at radius 2 is 2.15 bits per heavy atom. The van der Waals surface area contributed by atoms with Crippen LogP contribution in [0.25, 0.3) is 0 Å². The first-order valence-corrected chi connectivity index (χ1v) is 7.80. The van der Waals surface area contributed by atoms with Crippen LogP contribution in [0.4, 0.5) is 13.2 Å². The Labute approximate surface area is 121 Å². The van der Waals surface area contributed by atoms with Gasteiger partial charge in [0.2, 0.25) is 0 Å². The first-order valence-electron chi connectivity index (χ1n) is 6.92. The molecule has 0 bridgehead atoms. The van der Waals surface area contributed by atoms with Gasteiger partial charge in [0.15, 0.2) is 0 Å². The molecular weight excluding hydrogens is 285 g/mol. The molecule has 1 heterocycles. The lowest BCUT2D eigenvalue weighted by Gasteiger charge is -2.12. The van der Waals surface area contributed by atoms with Crippen molar-refractivity contribution in [1.29, 1.82) is 0 Å². The molecule has 1 aliphatic rings. The maximum Gasteiger partial charge on any atom is 0.417 e. The second kappa shape index (κ2) is 6.80. The van der Waals surface area contributed by atoms with E-state index in [1.807, 2.05) is 0 Å². The molecule has 1 saturated carbocycles. The summed E-state index contributed by atoms with van der Waals surface area (Å²) >= 11 is 1.59. The number of nitrogens with one attached hydrogen (secondary N) is 1. The molecule has 0 amide bonds. The molecule has 0 aliphatic heterocycles. The van der Waals surface area contributed by atoms with Gasteiger partial charge in [0, 0.05) is 17.5 Å². The van der Waals surface area contributed by atoms with Crippen LogP contribution in [0.2, 0.25) is 0 Å². The summed E-state index contributed by atoms with van der Waals surface area (Å²) < 4.78 is 37.3. The number of rotatable bonds is 5. The van der Waals surface area contributed by atoms with Crippen LogP contribution < -0.4 is 5.32 Å². The van der Waals surface area contributed by atoms with Crippen LogP contribution in [0.15, 0.2) is 23.4 Å². The predicted octanol–water partition coefficient (Wildman–Crippen LogP) is 4.11. The van der Waals surface area contributed by atoms with Crippen molar-refractivity contribution in [2.24, 2.45) is 0 Å². The topological polar surface area (TPSA) is 24.9 Å². The number of hydrogen-bond donors (Lipinski definition) is 1. The number of thioether (sulfide) groups is 1. The highest BCUT2D eigenvalue weighted by Crippen LogP contribution is 2.35. The standard InChI is InChI=1S/C14H19F3N2S/c1-2-7-18-11-4-5-12(8-11)20-13-6-3-10(9-19-13)14(15,16)17/h3,6,9,11-12,18H,2,4-5,7-8H2,1H3. The molecule has 1 aromatic rings. The van der Waals surface area contributed by atoms with Crippen LogP contribution in [0.5, 0.6) is 0 Å². The van der Waals surface area contributed by atoms with E-state index in [4.69, 9.17) is 0 Å². The SMILES string of the molecule is CCCNC1CCC(Sc2ccc(C(F)(F)F)cn2)C1. The van der Waals surface area contributed by atoms with Crippen molar-refractivity contribution >= 4 is 11.8 Å². The Balaban J connectivity index is 1.85. The summed E-state index contributed by atoms with van der Waals surface area (Å²) in [7, 11) is 0. The van der Waals surface area contributed by atoms with Gasteiger partial charge in [-0.05, 0) is 44.4 Å². The van der Waals surface area contributed by atoms with E-state index in [9.17, 15) is 13.2 Å². The summed E-state index contributed by atoms with van der Waals surface area (Å²) in [6.07, 6.45) is 1.03. The minimum Gasteiger partial charge on any atom is -0.314 e. The zero-order valence-corrected chi connectivity index (χ0v) is 12.2. The van der Waals surface area contributed by atoms with Gasteiger partial charge in [0.1, 0.15) is 0 Å². The van der Waals surface area contributed by atoms with Crippen molar-refractivity contribution in [3.63, 3.8) is 0 Å². The highest BCUT2D eigenvalue weighted by molar-refractivity contribution is 7.99. The predicted molar refractivity (Wildman–Crippen MR) is 74.8 cm³/mol. The van der Waals surface area contributed by atoms with Crippen molar-refractivity contribution in [3.05, 3.63) is 23.9 Å². The van der Waals surface area contributed by atoms with Gasteiger partial charge < -0.3 is 5.32 Å². The molecule has 1 N–H and O–H groups in total. The van der Waals surface area contributed by atoms with Gasteiger partial charge in [-0.3, -0.25) is 0 Å². The zero-order chi connectivity index (χ0) is 14.6. The normalized spacial score (nSPS) is 23.2. The lowest BCUT2D eigenvalue weighted by molar-refractivity contribution is -0.137.